The van der Waals surface area contributed by atoms with Gasteiger partial charge in [0.15, 0.2) is 4.80 Å². The summed E-state index contributed by atoms with van der Waals surface area (Å²) in [5, 5.41) is 10.9. The molecule has 10 nitrogen and oxygen atoms in total. The number of carbonyl (C=O) groups is 1. The first-order valence-electron chi connectivity index (χ1n) is 12.1. The highest BCUT2D eigenvalue weighted by atomic mass is 79.9. The van der Waals surface area contributed by atoms with Crippen LogP contribution < -0.4 is 19.6 Å². The Morgan fingerprint density at radius 1 is 1.23 bits per heavy atom. The van der Waals surface area contributed by atoms with Gasteiger partial charge in [-0.2, -0.15) is 0 Å². The fourth-order valence-corrected chi connectivity index (χ4v) is 6.01. The zero-order chi connectivity index (χ0) is 28.6. The molecule has 0 unspecified atom stereocenters. The van der Waals surface area contributed by atoms with Gasteiger partial charge in [0.2, 0.25) is 0 Å². The SMILES string of the molecule is CCOC(=O)C1=C(C)N=c2s/c(=C/c3ccc(-c4ccc([N+](=O)[O-])cc4)o3)c(=O)n2[C@H]1c1ccc(OC)c(Br)c1. The number of benzene rings is 2. The van der Waals surface area contributed by atoms with Gasteiger partial charge in [-0.15, -0.1) is 0 Å². The number of non-ortho nitro benzene ring substituents is 1. The van der Waals surface area contributed by atoms with Crippen LogP contribution in [0, 0.1) is 10.1 Å². The first-order valence-corrected chi connectivity index (χ1v) is 13.7. The van der Waals surface area contributed by atoms with Crippen LogP contribution in [0.2, 0.25) is 0 Å². The standard InChI is InChI=1S/C28H22BrN3O7S/c1-4-38-27(34)24-15(2)30-28-31(25(24)17-7-11-22(37-3)20(29)13-17)26(33)23(40-28)14-19-10-12-21(39-19)16-5-8-18(9-6-16)32(35)36/h5-14,25H,4H2,1-3H3/b23-14+/t25-/m0/s1. The first kappa shape index (κ1) is 27.3. The number of nitro benzene ring substituents is 1. The van der Waals surface area contributed by atoms with Crippen LogP contribution in [0.5, 0.6) is 5.75 Å². The Morgan fingerprint density at radius 3 is 2.62 bits per heavy atom. The second kappa shape index (κ2) is 11.1. The van der Waals surface area contributed by atoms with Crippen molar-refractivity contribution in [2.75, 3.05) is 13.7 Å². The van der Waals surface area contributed by atoms with E-state index < -0.39 is 16.9 Å². The summed E-state index contributed by atoms with van der Waals surface area (Å²) in [5.41, 5.74) is 1.71. The van der Waals surface area contributed by atoms with E-state index in [9.17, 15) is 19.7 Å². The Kier molecular flexibility index (Phi) is 7.55. The van der Waals surface area contributed by atoms with E-state index in [0.717, 1.165) is 0 Å². The van der Waals surface area contributed by atoms with Crippen molar-refractivity contribution in [3.63, 3.8) is 0 Å². The molecule has 4 aromatic rings. The quantitative estimate of drug-likeness (QED) is 0.165. The summed E-state index contributed by atoms with van der Waals surface area (Å²) in [6.07, 6.45) is 1.61. The average Bonchev–Trinajstić information content (AvgIpc) is 3.52. The molecule has 3 heterocycles. The van der Waals surface area contributed by atoms with Crippen molar-refractivity contribution in [3.05, 3.63) is 111 Å². The smallest absolute Gasteiger partial charge is 0.338 e. The van der Waals surface area contributed by atoms with E-state index in [1.54, 1.807) is 63.4 Å². The Morgan fingerprint density at radius 2 is 1.98 bits per heavy atom. The number of hydrogen-bond donors (Lipinski definition) is 0. The number of allylic oxidation sites excluding steroid dienone is 1. The molecule has 40 heavy (non-hydrogen) atoms. The fourth-order valence-electron chi connectivity index (χ4n) is 4.42. The summed E-state index contributed by atoms with van der Waals surface area (Å²) in [4.78, 5) is 42.3. The minimum Gasteiger partial charge on any atom is -0.496 e. The van der Waals surface area contributed by atoms with E-state index in [0.29, 0.717) is 47.9 Å². The maximum Gasteiger partial charge on any atom is 0.338 e. The highest BCUT2D eigenvalue weighted by molar-refractivity contribution is 9.10. The van der Waals surface area contributed by atoms with Crippen LogP contribution in [0.4, 0.5) is 5.69 Å². The van der Waals surface area contributed by atoms with E-state index in [1.165, 1.54) is 28.0 Å². The number of methoxy groups -OCH3 is 1. The summed E-state index contributed by atoms with van der Waals surface area (Å²) < 4.78 is 19.1. The second-order valence-electron chi connectivity index (χ2n) is 8.70. The highest BCUT2D eigenvalue weighted by Crippen LogP contribution is 2.35. The number of halogens is 1. The molecule has 1 aliphatic rings. The van der Waals surface area contributed by atoms with Crippen LogP contribution in [0.15, 0.2) is 84.5 Å². The summed E-state index contributed by atoms with van der Waals surface area (Å²) in [5.74, 6) is 0.976. The topological polar surface area (TPSA) is 126 Å². The van der Waals surface area contributed by atoms with E-state index in [-0.39, 0.29) is 23.4 Å². The number of aromatic nitrogens is 1. The van der Waals surface area contributed by atoms with Gasteiger partial charge in [-0.3, -0.25) is 19.5 Å². The Hall–Kier alpha value is -4.29. The number of carbonyl (C=O) groups excluding carboxylic acids is 1. The van der Waals surface area contributed by atoms with Crippen LogP contribution in [-0.2, 0) is 9.53 Å². The molecule has 0 aliphatic carbocycles. The molecule has 0 saturated carbocycles. The van der Waals surface area contributed by atoms with Crippen molar-refractivity contribution >= 4 is 45.0 Å². The number of thiazole rings is 1. The molecule has 0 spiro atoms. The molecule has 0 saturated heterocycles. The number of nitrogens with zero attached hydrogens (tertiary/aromatic N) is 3. The van der Waals surface area contributed by atoms with E-state index in [1.807, 2.05) is 6.07 Å². The molecular weight excluding hydrogens is 602 g/mol. The molecule has 2 aromatic heterocycles. The molecular formula is C28H22BrN3O7S. The molecule has 2 aromatic carbocycles. The molecule has 0 N–H and O–H groups in total. The number of hydrogen-bond acceptors (Lipinski definition) is 9. The lowest BCUT2D eigenvalue weighted by Gasteiger charge is -2.25. The van der Waals surface area contributed by atoms with Crippen LogP contribution in [0.25, 0.3) is 17.4 Å². The average molecular weight is 624 g/mol. The molecule has 1 aliphatic heterocycles. The molecule has 0 radical (unpaired) electrons. The van der Waals surface area contributed by atoms with Gasteiger partial charge in [-0.25, -0.2) is 9.79 Å². The molecule has 0 amide bonds. The third-order valence-corrected chi connectivity index (χ3v) is 7.87. The minimum absolute atomic E-state index is 0.0208. The van der Waals surface area contributed by atoms with E-state index in [2.05, 4.69) is 20.9 Å². The van der Waals surface area contributed by atoms with Gasteiger partial charge in [-0.05, 0) is 71.7 Å². The van der Waals surface area contributed by atoms with Gasteiger partial charge in [0, 0.05) is 23.8 Å². The van der Waals surface area contributed by atoms with Crippen LogP contribution in [0.1, 0.15) is 31.2 Å². The number of ether oxygens (including phenoxy) is 2. The summed E-state index contributed by atoms with van der Waals surface area (Å²) >= 11 is 4.68. The Balaban J connectivity index is 1.61. The predicted molar refractivity (Wildman–Crippen MR) is 152 cm³/mol. The largest absolute Gasteiger partial charge is 0.496 e. The monoisotopic (exact) mass is 623 g/mol. The first-order chi connectivity index (χ1) is 19.2. The summed E-state index contributed by atoms with van der Waals surface area (Å²) in [6.45, 7) is 3.61. The fraction of sp³-hybridized carbons (Fsp3) is 0.179. The molecule has 1 atom stereocenters. The summed E-state index contributed by atoms with van der Waals surface area (Å²) in [6, 6.07) is 14.0. The highest BCUT2D eigenvalue weighted by Gasteiger charge is 2.33. The Bertz CT molecular complexity index is 1850. The van der Waals surface area contributed by atoms with Crippen LogP contribution in [0.3, 0.4) is 0 Å². The van der Waals surface area contributed by atoms with E-state index in [4.69, 9.17) is 13.9 Å². The lowest BCUT2D eigenvalue weighted by molar-refractivity contribution is -0.384. The normalized spacial score (nSPS) is 15.0. The number of rotatable bonds is 7. The van der Waals surface area contributed by atoms with Crippen LogP contribution in [-0.4, -0.2) is 29.2 Å². The zero-order valence-corrected chi connectivity index (χ0v) is 23.9. The summed E-state index contributed by atoms with van der Waals surface area (Å²) in [7, 11) is 1.55. The van der Waals surface area contributed by atoms with Gasteiger partial charge in [0.1, 0.15) is 17.3 Å². The molecule has 0 bridgehead atoms. The van der Waals surface area contributed by atoms with Gasteiger partial charge < -0.3 is 13.9 Å². The third-order valence-electron chi connectivity index (χ3n) is 6.27. The van der Waals surface area contributed by atoms with Crippen molar-refractivity contribution in [3.8, 4) is 17.1 Å². The molecule has 204 valence electrons. The molecule has 12 heteroatoms. The maximum atomic E-state index is 13.8. The number of furan rings is 1. The third kappa shape index (κ3) is 5.03. The lowest BCUT2D eigenvalue weighted by Crippen LogP contribution is -2.39. The van der Waals surface area contributed by atoms with Crippen molar-refractivity contribution in [2.24, 2.45) is 4.99 Å². The van der Waals surface area contributed by atoms with Crippen LogP contribution >= 0.6 is 27.3 Å². The molecule has 0 fully saturated rings. The van der Waals surface area contributed by atoms with Gasteiger partial charge in [0.25, 0.3) is 11.2 Å². The van der Waals surface area contributed by atoms with Crippen molar-refractivity contribution in [1.82, 2.24) is 4.57 Å². The number of esters is 1. The number of nitro groups is 1. The van der Waals surface area contributed by atoms with E-state index >= 15 is 0 Å². The molecule has 5 rings (SSSR count). The van der Waals surface area contributed by atoms with Gasteiger partial charge in [0.05, 0.1) is 45.0 Å². The number of fused-ring (bicyclic) bond motifs is 1. The van der Waals surface area contributed by atoms with Gasteiger partial charge in [-0.1, -0.05) is 17.4 Å². The van der Waals surface area contributed by atoms with Crippen molar-refractivity contribution in [2.45, 2.75) is 19.9 Å². The van der Waals surface area contributed by atoms with Gasteiger partial charge >= 0.3 is 5.97 Å². The lowest BCUT2D eigenvalue weighted by atomic mass is 9.96. The maximum absolute atomic E-state index is 13.8. The Labute approximate surface area is 239 Å². The zero-order valence-electron chi connectivity index (χ0n) is 21.5. The minimum atomic E-state index is -0.771. The van der Waals surface area contributed by atoms with Crippen molar-refractivity contribution < 1.29 is 23.6 Å². The van der Waals surface area contributed by atoms with Crippen molar-refractivity contribution in [1.29, 1.82) is 0 Å². The second-order valence-corrected chi connectivity index (χ2v) is 10.6. The predicted octanol–water partition coefficient (Wildman–Crippen LogP) is 4.74.